The van der Waals surface area contributed by atoms with Crippen molar-refractivity contribution in [3.63, 3.8) is 0 Å². The van der Waals surface area contributed by atoms with Gasteiger partial charge in [0.2, 0.25) is 5.78 Å². The van der Waals surface area contributed by atoms with Crippen LogP contribution in [0.15, 0.2) is 42.6 Å². The second-order valence-electron chi connectivity index (χ2n) is 5.92. The molecule has 3 nitrogen and oxygen atoms in total. The van der Waals surface area contributed by atoms with Crippen LogP contribution in [0.5, 0.6) is 0 Å². The fraction of sp³-hybridized carbons (Fsp3) is 0.100. The summed E-state index contributed by atoms with van der Waals surface area (Å²) in [6.07, 6.45) is 4.68. The number of nitrogens with zero attached hydrogens (tertiary/aromatic N) is 1. The molecule has 0 aliphatic carbocycles. The van der Waals surface area contributed by atoms with Gasteiger partial charge in [0.05, 0.1) is 5.52 Å². The summed E-state index contributed by atoms with van der Waals surface area (Å²) in [4.78, 5) is 21.8. The minimum Gasteiger partial charge on any atom is -0.342 e. The Morgan fingerprint density at radius 1 is 1.23 bits per heavy atom. The number of halogens is 3. The predicted molar refractivity (Wildman–Crippen MR) is 102 cm³/mol. The summed E-state index contributed by atoms with van der Waals surface area (Å²) in [6, 6.07) is 8.03. The molecule has 0 radical (unpaired) electrons. The van der Waals surface area contributed by atoms with E-state index < -0.39 is 11.6 Å². The molecule has 2 aromatic carbocycles. The lowest BCUT2D eigenvalue weighted by atomic mass is 10.1. The molecule has 132 valence electrons. The van der Waals surface area contributed by atoms with Crippen LogP contribution in [0.1, 0.15) is 16.7 Å². The summed E-state index contributed by atoms with van der Waals surface area (Å²) in [5.74, 6) is -1.10. The Kier molecular flexibility index (Phi) is 5.25. The molecule has 0 spiro atoms. The van der Waals surface area contributed by atoms with Crippen LogP contribution in [0, 0.1) is 12.7 Å². The highest BCUT2D eigenvalue weighted by Gasteiger charge is 2.13. The van der Waals surface area contributed by atoms with Gasteiger partial charge in [-0.2, -0.15) is 0 Å². The highest BCUT2D eigenvalue weighted by atomic mass is 35.5. The topological polar surface area (TPSA) is 39.1 Å². The molecule has 0 saturated carbocycles. The van der Waals surface area contributed by atoms with Crippen molar-refractivity contribution in [1.29, 1.82) is 0 Å². The third-order valence-corrected chi connectivity index (χ3v) is 4.65. The zero-order chi connectivity index (χ0) is 18.8. The molecular weight excluding hydrogens is 376 g/mol. The van der Waals surface area contributed by atoms with Gasteiger partial charge in [-0.1, -0.05) is 29.3 Å². The van der Waals surface area contributed by atoms with Gasteiger partial charge in [0.1, 0.15) is 5.82 Å². The van der Waals surface area contributed by atoms with Crippen molar-refractivity contribution < 1.29 is 14.0 Å². The molecule has 0 saturated heterocycles. The summed E-state index contributed by atoms with van der Waals surface area (Å²) in [5, 5.41) is 1.81. The number of hydrogen-bond donors (Lipinski definition) is 0. The van der Waals surface area contributed by atoms with E-state index in [4.69, 9.17) is 23.2 Å². The number of aldehydes is 1. The first-order valence-corrected chi connectivity index (χ1v) is 8.55. The van der Waals surface area contributed by atoms with E-state index in [1.165, 1.54) is 18.2 Å². The van der Waals surface area contributed by atoms with Crippen molar-refractivity contribution in [2.75, 3.05) is 0 Å². The number of fused-ring (bicyclic) bond motifs is 1. The summed E-state index contributed by atoms with van der Waals surface area (Å²) < 4.78 is 15.9. The minimum absolute atomic E-state index is 0.213. The molecule has 0 bridgehead atoms. The molecule has 0 atom stereocenters. The summed E-state index contributed by atoms with van der Waals surface area (Å²) in [6.45, 7) is 2.33. The molecule has 26 heavy (non-hydrogen) atoms. The van der Waals surface area contributed by atoms with E-state index in [1.807, 2.05) is 23.8 Å². The van der Waals surface area contributed by atoms with Crippen LogP contribution < -0.4 is 0 Å². The van der Waals surface area contributed by atoms with E-state index in [-0.39, 0.29) is 6.29 Å². The Balaban J connectivity index is 2.15. The first-order valence-electron chi connectivity index (χ1n) is 7.79. The average Bonchev–Trinajstić information content (AvgIpc) is 2.90. The number of benzene rings is 2. The number of hydrogen-bond acceptors (Lipinski definition) is 2. The minimum atomic E-state index is -0.682. The maximum Gasteiger partial charge on any atom is 0.218 e. The first-order chi connectivity index (χ1) is 12.4. The van der Waals surface area contributed by atoms with Crippen molar-refractivity contribution in [3.05, 3.63) is 75.2 Å². The van der Waals surface area contributed by atoms with E-state index in [0.717, 1.165) is 28.1 Å². The summed E-state index contributed by atoms with van der Waals surface area (Å²) >= 11 is 12.2. The second kappa shape index (κ2) is 7.44. The van der Waals surface area contributed by atoms with Crippen molar-refractivity contribution in [2.24, 2.45) is 0 Å². The molecule has 0 amide bonds. The maximum atomic E-state index is 14.0. The van der Waals surface area contributed by atoms with Crippen LogP contribution in [0.4, 0.5) is 4.39 Å². The van der Waals surface area contributed by atoms with E-state index in [0.29, 0.717) is 22.2 Å². The number of aryl methyl sites for hydroxylation is 1. The number of aromatic nitrogens is 1. The highest BCUT2D eigenvalue weighted by molar-refractivity contribution is 6.35. The van der Waals surface area contributed by atoms with Gasteiger partial charge in [-0.3, -0.25) is 9.59 Å². The van der Waals surface area contributed by atoms with Crippen molar-refractivity contribution in [3.8, 4) is 0 Å². The number of allylic oxidation sites excluding steroid dienone is 1. The molecule has 6 heteroatoms. The Hall–Kier alpha value is -2.43. The molecular formula is C20H14Cl2FNO2. The van der Waals surface area contributed by atoms with Gasteiger partial charge in [-0.05, 0) is 54.5 Å². The Labute approximate surface area is 159 Å². The highest BCUT2D eigenvalue weighted by Crippen LogP contribution is 2.29. The van der Waals surface area contributed by atoms with Gasteiger partial charge in [0.25, 0.3) is 0 Å². The maximum absolute atomic E-state index is 14.0. The SMILES string of the molecule is Cc1cn(Cc2ccc(Cl)cc2Cl)c2c(/C=C/C(=O)C=O)cc(F)cc12. The lowest BCUT2D eigenvalue weighted by molar-refractivity contribution is -0.126. The van der Waals surface area contributed by atoms with Gasteiger partial charge in [0.15, 0.2) is 6.29 Å². The van der Waals surface area contributed by atoms with Gasteiger partial charge in [0, 0.05) is 33.7 Å². The van der Waals surface area contributed by atoms with Crippen LogP contribution in [-0.2, 0) is 16.1 Å². The zero-order valence-electron chi connectivity index (χ0n) is 13.8. The van der Waals surface area contributed by atoms with Crippen LogP contribution in [0.3, 0.4) is 0 Å². The van der Waals surface area contributed by atoms with Crippen molar-refractivity contribution in [1.82, 2.24) is 4.57 Å². The molecule has 0 fully saturated rings. The number of ketones is 1. The molecule has 1 heterocycles. The number of carbonyl (C=O) groups excluding carboxylic acids is 2. The molecule has 0 N–H and O–H groups in total. The Morgan fingerprint density at radius 3 is 2.69 bits per heavy atom. The van der Waals surface area contributed by atoms with E-state index >= 15 is 0 Å². The quantitative estimate of drug-likeness (QED) is 0.340. The zero-order valence-corrected chi connectivity index (χ0v) is 15.3. The lowest BCUT2D eigenvalue weighted by Gasteiger charge is -2.10. The summed E-state index contributed by atoms with van der Waals surface area (Å²) in [5.41, 5.74) is 3.01. The van der Waals surface area contributed by atoms with E-state index in [1.54, 1.807) is 12.1 Å². The smallest absolute Gasteiger partial charge is 0.218 e. The van der Waals surface area contributed by atoms with Gasteiger partial charge in [-0.15, -0.1) is 0 Å². The Morgan fingerprint density at radius 2 is 2.00 bits per heavy atom. The Bertz CT molecular complexity index is 1050. The van der Waals surface area contributed by atoms with Gasteiger partial charge in [-0.25, -0.2) is 4.39 Å². The molecule has 1 aromatic heterocycles. The third-order valence-electron chi connectivity index (χ3n) is 4.06. The molecule has 0 aliphatic rings. The third kappa shape index (κ3) is 3.71. The first kappa shape index (κ1) is 18.4. The fourth-order valence-corrected chi connectivity index (χ4v) is 3.37. The monoisotopic (exact) mass is 389 g/mol. The molecule has 0 aliphatic heterocycles. The van der Waals surface area contributed by atoms with Crippen LogP contribution >= 0.6 is 23.2 Å². The average molecular weight is 390 g/mol. The van der Waals surface area contributed by atoms with E-state index in [2.05, 4.69) is 0 Å². The van der Waals surface area contributed by atoms with Gasteiger partial charge < -0.3 is 4.57 Å². The lowest BCUT2D eigenvalue weighted by Crippen LogP contribution is -2.00. The fourth-order valence-electron chi connectivity index (χ4n) is 2.91. The standard InChI is InChI=1S/C20H14Cl2FNO2/c1-12-9-24(10-14-2-4-15(21)7-19(14)22)20-13(3-5-17(26)11-25)6-16(23)8-18(12)20/h2-9,11H,10H2,1H3/b5-3+. The number of carbonyl (C=O) groups is 2. The van der Waals surface area contributed by atoms with E-state index in [9.17, 15) is 14.0 Å². The predicted octanol–water partition coefficient (Wildman–Crippen LogP) is 5.23. The van der Waals surface area contributed by atoms with Crippen molar-refractivity contribution in [2.45, 2.75) is 13.5 Å². The molecule has 3 aromatic rings. The number of rotatable bonds is 5. The molecule has 0 unspecified atom stereocenters. The largest absolute Gasteiger partial charge is 0.342 e. The van der Waals surface area contributed by atoms with Crippen molar-refractivity contribution >= 4 is 52.3 Å². The van der Waals surface area contributed by atoms with Crippen LogP contribution in [-0.4, -0.2) is 16.6 Å². The van der Waals surface area contributed by atoms with Crippen LogP contribution in [0.25, 0.3) is 17.0 Å². The van der Waals surface area contributed by atoms with Gasteiger partial charge >= 0.3 is 0 Å². The summed E-state index contributed by atoms with van der Waals surface area (Å²) in [7, 11) is 0. The van der Waals surface area contributed by atoms with Crippen LogP contribution in [0.2, 0.25) is 10.0 Å². The second-order valence-corrected chi connectivity index (χ2v) is 6.76. The molecule has 3 rings (SSSR count). The normalized spacial score (nSPS) is 11.4.